The summed E-state index contributed by atoms with van der Waals surface area (Å²) in [6.45, 7) is 2.58. The van der Waals surface area contributed by atoms with Crippen molar-refractivity contribution < 1.29 is 4.92 Å². The third kappa shape index (κ3) is 2.39. The quantitative estimate of drug-likeness (QED) is 0.666. The Kier molecular flexibility index (Phi) is 3.29. The van der Waals surface area contributed by atoms with Gasteiger partial charge in [0.05, 0.1) is 9.80 Å². The molecule has 2 aromatic rings. The van der Waals surface area contributed by atoms with E-state index in [1.54, 1.807) is 6.07 Å². The molecule has 0 aliphatic rings. The fourth-order valence-corrected chi connectivity index (χ4v) is 2.07. The minimum atomic E-state index is -0.467. The lowest BCUT2D eigenvalue weighted by molar-refractivity contribution is -0.384. The van der Waals surface area contributed by atoms with Crippen molar-refractivity contribution in [2.24, 2.45) is 0 Å². The van der Waals surface area contributed by atoms with Crippen LogP contribution in [0.1, 0.15) is 6.92 Å². The van der Waals surface area contributed by atoms with Crippen molar-refractivity contribution in [3.05, 3.63) is 33.8 Å². The Bertz CT molecular complexity index is 527. The van der Waals surface area contributed by atoms with E-state index < -0.39 is 4.92 Å². The maximum atomic E-state index is 10.9. The number of nitrogens with zero attached hydrogens (tertiary/aromatic N) is 3. The Morgan fingerprint density at radius 1 is 1.59 bits per heavy atom. The fourth-order valence-electron chi connectivity index (χ4n) is 1.35. The largest absolute Gasteiger partial charge is 0.354 e. The van der Waals surface area contributed by atoms with Crippen molar-refractivity contribution in [3.8, 4) is 10.6 Å². The Labute approximate surface area is 102 Å². The molecule has 0 saturated heterocycles. The van der Waals surface area contributed by atoms with Crippen LogP contribution in [0.15, 0.2) is 23.7 Å². The molecule has 0 bridgehead atoms. The number of nitro groups is 1. The highest BCUT2D eigenvalue weighted by atomic mass is 32.1. The maximum Gasteiger partial charge on any atom is 0.314 e. The number of nitrogens with one attached hydrogen (secondary N) is 1. The molecule has 2 aromatic heterocycles. The first kappa shape index (κ1) is 11.5. The van der Waals surface area contributed by atoms with E-state index in [0.29, 0.717) is 18.2 Å². The number of thiophene rings is 1. The molecule has 2 rings (SSSR count). The second-order valence-corrected chi connectivity index (χ2v) is 4.14. The molecule has 0 radical (unpaired) electrons. The molecule has 0 saturated carbocycles. The second kappa shape index (κ2) is 4.88. The smallest absolute Gasteiger partial charge is 0.314 e. The highest BCUT2D eigenvalue weighted by Crippen LogP contribution is 2.31. The topological polar surface area (TPSA) is 81.0 Å². The Morgan fingerprint density at radius 2 is 2.41 bits per heavy atom. The number of hydrogen-bond donors (Lipinski definition) is 1. The van der Waals surface area contributed by atoms with E-state index in [2.05, 4.69) is 15.3 Å². The van der Waals surface area contributed by atoms with E-state index in [-0.39, 0.29) is 5.69 Å². The van der Waals surface area contributed by atoms with Crippen LogP contribution in [0.25, 0.3) is 10.6 Å². The van der Waals surface area contributed by atoms with Crippen LogP contribution in [0.3, 0.4) is 0 Å². The molecule has 17 heavy (non-hydrogen) atoms. The van der Waals surface area contributed by atoms with Crippen LogP contribution in [0.4, 0.5) is 11.6 Å². The van der Waals surface area contributed by atoms with E-state index in [1.165, 1.54) is 17.5 Å². The van der Waals surface area contributed by atoms with Gasteiger partial charge in [-0.25, -0.2) is 9.97 Å². The average Bonchev–Trinajstić information content (AvgIpc) is 2.82. The third-order valence-corrected chi connectivity index (χ3v) is 2.93. The lowest BCUT2D eigenvalue weighted by atomic mass is 10.3. The Balaban J connectivity index is 2.52. The standard InChI is InChI=1S/C10H10N4O2S/c1-2-11-10-12-6-7(14(15)16)9(13-10)8-4-3-5-17-8/h3-6H,2H2,1H3,(H,11,12,13). The Hall–Kier alpha value is -2.02. The molecule has 0 atom stereocenters. The van der Waals surface area contributed by atoms with Gasteiger partial charge in [-0.3, -0.25) is 10.1 Å². The Morgan fingerprint density at radius 3 is 3.00 bits per heavy atom. The molecule has 0 aliphatic carbocycles. The number of rotatable bonds is 4. The van der Waals surface area contributed by atoms with Crippen LogP contribution in [0.2, 0.25) is 0 Å². The number of aromatic nitrogens is 2. The third-order valence-electron chi connectivity index (χ3n) is 2.06. The van der Waals surface area contributed by atoms with Gasteiger partial charge in [-0.1, -0.05) is 6.07 Å². The predicted octanol–water partition coefficient (Wildman–Crippen LogP) is 2.55. The van der Waals surface area contributed by atoms with Crippen molar-refractivity contribution >= 4 is 23.0 Å². The summed E-state index contributed by atoms with van der Waals surface area (Å²) in [4.78, 5) is 19.3. The number of anilines is 1. The molecule has 0 aromatic carbocycles. The molecule has 88 valence electrons. The summed E-state index contributed by atoms with van der Waals surface area (Å²) < 4.78 is 0. The minimum Gasteiger partial charge on any atom is -0.354 e. The van der Waals surface area contributed by atoms with Crippen LogP contribution in [0, 0.1) is 10.1 Å². The summed E-state index contributed by atoms with van der Waals surface area (Å²) in [5.74, 6) is 0.404. The summed E-state index contributed by atoms with van der Waals surface area (Å²) in [6.07, 6.45) is 1.24. The van der Waals surface area contributed by atoms with Gasteiger partial charge < -0.3 is 5.32 Å². The van der Waals surface area contributed by atoms with Gasteiger partial charge in [-0.15, -0.1) is 11.3 Å². The van der Waals surface area contributed by atoms with Gasteiger partial charge in [-0.2, -0.15) is 0 Å². The second-order valence-electron chi connectivity index (χ2n) is 3.19. The molecule has 0 amide bonds. The van der Waals surface area contributed by atoms with Crippen LogP contribution in [0.5, 0.6) is 0 Å². The predicted molar refractivity (Wildman–Crippen MR) is 66.2 cm³/mol. The molecule has 0 aliphatic heterocycles. The van der Waals surface area contributed by atoms with Crippen molar-refractivity contribution in [1.29, 1.82) is 0 Å². The maximum absolute atomic E-state index is 10.9. The molecule has 0 spiro atoms. The van der Waals surface area contributed by atoms with E-state index in [1.807, 2.05) is 18.4 Å². The first-order valence-electron chi connectivity index (χ1n) is 5.01. The van der Waals surface area contributed by atoms with Gasteiger partial charge in [0.15, 0.2) is 5.69 Å². The summed E-state index contributed by atoms with van der Waals surface area (Å²) >= 11 is 1.41. The SMILES string of the molecule is CCNc1ncc([N+](=O)[O-])c(-c2cccs2)n1. The summed E-state index contributed by atoms with van der Waals surface area (Å²) in [5, 5.41) is 15.7. The van der Waals surface area contributed by atoms with E-state index in [9.17, 15) is 10.1 Å². The molecule has 6 nitrogen and oxygen atoms in total. The van der Waals surface area contributed by atoms with Crippen molar-refractivity contribution in [2.75, 3.05) is 11.9 Å². The lowest BCUT2D eigenvalue weighted by Gasteiger charge is -2.03. The van der Waals surface area contributed by atoms with Crippen LogP contribution in [-0.4, -0.2) is 21.4 Å². The summed E-state index contributed by atoms with van der Waals surface area (Å²) in [7, 11) is 0. The molecular weight excluding hydrogens is 240 g/mol. The number of hydrogen-bond acceptors (Lipinski definition) is 6. The normalized spacial score (nSPS) is 10.2. The molecule has 0 unspecified atom stereocenters. The highest BCUT2D eigenvalue weighted by Gasteiger charge is 2.19. The summed E-state index contributed by atoms with van der Waals surface area (Å²) in [6, 6.07) is 3.63. The van der Waals surface area contributed by atoms with Gasteiger partial charge in [0.1, 0.15) is 6.20 Å². The van der Waals surface area contributed by atoms with Gasteiger partial charge in [0.2, 0.25) is 5.95 Å². The molecule has 0 fully saturated rings. The van der Waals surface area contributed by atoms with Crippen molar-refractivity contribution in [3.63, 3.8) is 0 Å². The van der Waals surface area contributed by atoms with Crippen LogP contribution < -0.4 is 5.32 Å². The lowest BCUT2D eigenvalue weighted by Crippen LogP contribution is -2.04. The fraction of sp³-hybridized carbons (Fsp3) is 0.200. The highest BCUT2D eigenvalue weighted by molar-refractivity contribution is 7.13. The molecule has 2 heterocycles. The van der Waals surface area contributed by atoms with Crippen molar-refractivity contribution in [2.45, 2.75) is 6.92 Å². The molecular formula is C10H10N4O2S. The van der Waals surface area contributed by atoms with Gasteiger partial charge in [-0.05, 0) is 18.4 Å². The van der Waals surface area contributed by atoms with Crippen LogP contribution in [-0.2, 0) is 0 Å². The monoisotopic (exact) mass is 250 g/mol. The molecule has 7 heteroatoms. The van der Waals surface area contributed by atoms with Gasteiger partial charge in [0, 0.05) is 6.54 Å². The van der Waals surface area contributed by atoms with E-state index in [4.69, 9.17) is 0 Å². The zero-order chi connectivity index (χ0) is 12.3. The van der Waals surface area contributed by atoms with E-state index in [0.717, 1.165) is 4.88 Å². The zero-order valence-electron chi connectivity index (χ0n) is 9.08. The minimum absolute atomic E-state index is 0.0749. The van der Waals surface area contributed by atoms with E-state index >= 15 is 0 Å². The van der Waals surface area contributed by atoms with Gasteiger partial charge >= 0.3 is 5.69 Å². The first-order chi connectivity index (χ1) is 8.22. The zero-order valence-corrected chi connectivity index (χ0v) is 9.90. The first-order valence-corrected chi connectivity index (χ1v) is 5.89. The average molecular weight is 250 g/mol. The summed E-state index contributed by atoms with van der Waals surface area (Å²) in [5.41, 5.74) is 0.282. The van der Waals surface area contributed by atoms with Crippen molar-refractivity contribution in [1.82, 2.24) is 9.97 Å². The van der Waals surface area contributed by atoms with Gasteiger partial charge in [0.25, 0.3) is 0 Å². The molecule has 1 N–H and O–H groups in total. The van der Waals surface area contributed by atoms with Crippen LogP contribution >= 0.6 is 11.3 Å².